The zero-order valence-corrected chi connectivity index (χ0v) is 9.39. The summed E-state index contributed by atoms with van der Waals surface area (Å²) in [6, 6.07) is 0. The third-order valence-corrected chi connectivity index (χ3v) is 2.33. The van der Waals surface area contributed by atoms with E-state index in [4.69, 9.17) is 5.11 Å². The highest BCUT2D eigenvalue weighted by Crippen LogP contribution is 1.99. The molecule has 0 unspecified atom stereocenters. The van der Waals surface area contributed by atoms with Crippen LogP contribution in [0, 0.1) is 5.92 Å². The van der Waals surface area contributed by atoms with Crippen molar-refractivity contribution in [3.05, 3.63) is 0 Å². The summed E-state index contributed by atoms with van der Waals surface area (Å²) in [4.78, 5) is 21.2. The van der Waals surface area contributed by atoms with Gasteiger partial charge >= 0.3 is 5.97 Å². The molecule has 2 N–H and O–H groups in total. The molecule has 0 aromatic carbocycles. The summed E-state index contributed by atoms with van der Waals surface area (Å²) >= 11 is 1.31. The number of nitrogens with one attached hydrogen (secondary N) is 1. The largest absolute Gasteiger partial charge is 0.481 e. The molecule has 0 aromatic rings. The van der Waals surface area contributed by atoms with Crippen LogP contribution in [-0.2, 0) is 9.59 Å². The Morgan fingerprint density at radius 2 is 2.07 bits per heavy atom. The Balaban J connectivity index is 3.27. The summed E-state index contributed by atoms with van der Waals surface area (Å²) in [5.74, 6) is 0.331. The SMILES string of the molecule is CC(C)CC(=O)NCCSCC(=O)O. The van der Waals surface area contributed by atoms with Crippen molar-refractivity contribution in [2.75, 3.05) is 18.1 Å². The van der Waals surface area contributed by atoms with E-state index in [1.165, 1.54) is 11.8 Å². The second-order valence-corrected chi connectivity index (χ2v) is 4.50. The van der Waals surface area contributed by atoms with E-state index in [2.05, 4.69) is 5.32 Å². The molecule has 0 radical (unpaired) electrons. The third kappa shape index (κ3) is 9.38. The van der Waals surface area contributed by atoms with E-state index < -0.39 is 5.97 Å². The highest BCUT2D eigenvalue weighted by atomic mass is 32.2. The average Bonchev–Trinajstić information content (AvgIpc) is 2.01. The molecule has 0 saturated carbocycles. The van der Waals surface area contributed by atoms with Crippen LogP contribution in [0.25, 0.3) is 0 Å². The lowest BCUT2D eigenvalue weighted by molar-refractivity contribution is -0.133. The normalized spacial score (nSPS) is 10.2. The summed E-state index contributed by atoms with van der Waals surface area (Å²) in [6.07, 6.45) is 0.531. The first-order valence-electron chi connectivity index (χ1n) is 4.58. The predicted molar refractivity (Wildman–Crippen MR) is 57.4 cm³/mol. The maximum absolute atomic E-state index is 11.1. The first-order valence-corrected chi connectivity index (χ1v) is 5.74. The molecule has 0 saturated heterocycles. The minimum atomic E-state index is -0.816. The van der Waals surface area contributed by atoms with Gasteiger partial charge in [-0.05, 0) is 5.92 Å². The van der Waals surface area contributed by atoms with Crippen molar-refractivity contribution in [3.63, 3.8) is 0 Å². The summed E-state index contributed by atoms with van der Waals surface area (Å²) in [5.41, 5.74) is 0. The van der Waals surface area contributed by atoms with E-state index >= 15 is 0 Å². The Morgan fingerprint density at radius 1 is 1.43 bits per heavy atom. The van der Waals surface area contributed by atoms with Gasteiger partial charge in [0.15, 0.2) is 0 Å². The average molecular weight is 219 g/mol. The molecule has 5 heteroatoms. The Bertz CT molecular complexity index is 194. The van der Waals surface area contributed by atoms with Crippen LogP contribution in [0.2, 0.25) is 0 Å². The van der Waals surface area contributed by atoms with Gasteiger partial charge in [0.1, 0.15) is 0 Å². The number of carboxylic acid groups (broad SMARTS) is 1. The van der Waals surface area contributed by atoms with Crippen LogP contribution < -0.4 is 5.32 Å². The molecule has 0 aromatic heterocycles. The maximum atomic E-state index is 11.1. The molecular weight excluding hydrogens is 202 g/mol. The summed E-state index contributed by atoms with van der Waals surface area (Å²) in [6.45, 7) is 4.51. The van der Waals surface area contributed by atoms with Crippen LogP contribution in [0.5, 0.6) is 0 Å². The third-order valence-electron chi connectivity index (χ3n) is 1.39. The van der Waals surface area contributed by atoms with Crippen LogP contribution in [0.4, 0.5) is 0 Å². The number of hydrogen-bond donors (Lipinski definition) is 2. The van der Waals surface area contributed by atoms with Gasteiger partial charge in [-0.1, -0.05) is 13.8 Å². The summed E-state index contributed by atoms with van der Waals surface area (Å²) in [7, 11) is 0. The van der Waals surface area contributed by atoms with E-state index in [1.807, 2.05) is 13.8 Å². The minimum Gasteiger partial charge on any atom is -0.481 e. The zero-order valence-electron chi connectivity index (χ0n) is 8.58. The molecule has 1 amide bonds. The first-order chi connectivity index (χ1) is 6.52. The lowest BCUT2D eigenvalue weighted by Gasteiger charge is -2.05. The van der Waals surface area contributed by atoms with Gasteiger partial charge in [-0.25, -0.2) is 0 Å². The van der Waals surface area contributed by atoms with Crippen LogP contribution in [0.15, 0.2) is 0 Å². The highest BCUT2D eigenvalue weighted by Gasteiger charge is 2.03. The van der Waals surface area contributed by atoms with Gasteiger partial charge in [-0.2, -0.15) is 0 Å². The molecule has 82 valence electrons. The van der Waals surface area contributed by atoms with Crippen LogP contribution in [0.1, 0.15) is 20.3 Å². The second kappa shape index (κ2) is 7.67. The van der Waals surface area contributed by atoms with E-state index in [0.717, 1.165) is 0 Å². The molecule has 0 aliphatic heterocycles. The summed E-state index contributed by atoms with van der Waals surface area (Å²) in [5, 5.41) is 11.1. The molecule has 4 nitrogen and oxygen atoms in total. The predicted octanol–water partition coefficient (Wildman–Crippen LogP) is 0.967. The van der Waals surface area contributed by atoms with Crippen molar-refractivity contribution in [1.29, 1.82) is 0 Å². The summed E-state index contributed by atoms with van der Waals surface area (Å²) < 4.78 is 0. The van der Waals surface area contributed by atoms with Gasteiger partial charge < -0.3 is 10.4 Å². The smallest absolute Gasteiger partial charge is 0.313 e. The number of carbonyl (C=O) groups is 2. The molecular formula is C9H17NO3S. The Labute approximate surface area is 88.4 Å². The number of thioether (sulfide) groups is 1. The molecule has 0 aliphatic rings. The number of carbonyl (C=O) groups excluding carboxylic acids is 1. The van der Waals surface area contributed by atoms with Gasteiger partial charge in [0, 0.05) is 18.7 Å². The Morgan fingerprint density at radius 3 is 2.57 bits per heavy atom. The number of rotatable bonds is 7. The lowest BCUT2D eigenvalue weighted by Crippen LogP contribution is -2.26. The van der Waals surface area contributed by atoms with Gasteiger partial charge in [-0.15, -0.1) is 11.8 Å². The monoisotopic (exact) mass is 219 g/mol. The van der Waals surface area contributed by atoms with Crippen molar-refractivity contribution in [2.45, 2.75) is 20.3 Å². The van der Waals surface area contributed by atoms with Crippen LogP contribution >= 0.6 is 11.8 Å². The highest BCUT2D eigenvalue weighted by molar-refractivity contribution is 7.99. The molecule has 14 heavy (non-hydrogen) atoms. The van der Waals surface area contributed by atoms with E-state index in [0.29, 0.717) is 24.6 Å². The molecule has 0 aliphatic carbocycles. The van der Waals surface area contributed by atoms with Crippen LogP contribution in [-0.4, -0.2) is 35.0 Å². The fraction of sp³-hybridized carbons (Fsp3) is 0.778. The molecule has 0 bridgehead atoms. The minimum absolute atomic E-state index is 0.0379. The maximum Gasteiger partial charge on any atom is 0.313 e. The fourth-order valence-corrected chi connectivity index (χ4v) is 1.43. The fourth-order valence-electron chi connectivity index (χ4n) is 0.865. The van der Waals surface area contributed by atoms with E-state index in [9.17, 15) is 9.59 Å². The topological polar surface area (TPSA) is 66.4 Å². The van der Waals surface area contributed by atoms with Crippen molar-refractivity contribution in [1.82, 2.24) is 5.32 Å². The number of aliphatic carboxylic acids is 1. The first kappa shape index (κ1) is 13.3. The Hall–Kier alpha value is -0.710. The van der Waals surface area contributed by atoms with Gasteiger partial charge in [0.25, 0.3) is 0 Å². The number of amides is 1. The molecule has 0 spiro atoms. The number of carboxylic acids is 1. The van der Waals surface area contributed by atoms with Gasteiger partial charge in [0.05, 0.1) is 5.75 Å². The Kier molecular flexibility index (Phi) is 7.28. The van der Waals surface area contributed by atoms with Crippen molar-refractivity contribution in [3.8, 4) is 0 Å². The molecule has 0 heterocycles. The molecule has 0 atom stereocenters. The van der Waals surface area contributed by atoms with Crippen LogP contribution in [0.3, 0.4) is 0 Å². The molecule has 0 rings (SSSR count). The quantitative estimate of drug-likeness (QED) is 0.626. The van der Waals surface area contributed by atoms with E-state index in [-0.39, 0.29) is 11.7 Å². The van der Waals surface area contributed by atoms with Gasteiger partial charge in [-0.3, -0.25) is 9.59 Å². The van der Waals surface area contributed by atoms with E-state index in [1.54, 1.807) is 0 Å². The standard InChI is InChI=1S/C9H17NO3S/c1-7(2)5-8(11)10-3-4-14-6-9(12)13/h7H,3-6H2,1-2H3,(H,10,11)(H,12,13). The van der Waals surface area contributed by atoms with Crippen molar-refractivity contribution in [2.24, 2.45) is 5.92 Å². The molecule has 0 fully saturated rings. The van der Waals surface area contributed by atoms with Crippen molar-refractivity contribution < 1.29 is 14.7 Å². The zero-order chi connectivity index (χ0) is 11.0. The second-order valence-electron chi connectivity index (χ2n) is 3.39. The number of hydrogen-bond acceptors (Lipinski definition) is 3. The van der Waals surface area contributed by atoms with Gasteiger partial charge in [0.2, 0.25) is 5.91 Å². The lowest BCUT2D eigenvalue weighted by atomic mass is 10.1. The van der Waals surface area contributed by atoms with Crippen molar-refractivity contribution >= 4 is 23.6 Å².